The summed E-state index contributed by atoms with van der Waals surface area (Å²) in [6.45, 7) is 2.75. The lowest BCUT2D eigenvalue weighted by Gasteiger charge is -2.23. The molecular formula is C21H36N4O. The zero-order valence-corrected chi connectivity index (χ0v) is 16.4. The SMILES string of the molecule is CN=C(NCCC1CC2CCC1C2)NC1CCN(C(=O)C2CCCC2)C1. The first-order valence-corrected chi connectivity index (χ1v) is 11.0. The number of carbonyl (C=O) groups excluding carboxylic acids is 1. The largest absolute Gasteiger partial charge is 0.356 e. The van der Waals surface area contributed by atoms with Gasteiger partial charge in [-0.2, -0.15) is 0 Å². The number of hydrogen-bond acceptors (Lipinski definition) is 2. The van der Waals surface area contributed by atoms with E-state index in [0.717, 1.165) is 62.6 Å². The van der Waals surface area contributed by atoms with E-state index in [1.54, 1.807) is 0 Å². The third-order valence-corrected chi connectivity index (χ3v) is 7.46. The zero-order valence-electron chi connectivity index (χ0n) is 16.4. The van der Waals surface area contributed by atoms with Gasteiger partial charge in [-0.15, -0.1) is 0 Å². The Balaban J connectivity index is 1.17. The average molecular weight is 361 g/mol. The molecule has 3 saturated carbocycles. The van der Waals surface area contributed by atoms with E-state index >= 15 is 0 Å². The van der Waals surface area contributed by atoms with Gasteiger partial charge in [0.15, 0.2) is 5.96 Å². The van der Waals surface area contributed by atoms with E-state index in [2.05, 4.69) is 20.5 Å². The summed E-state index contributed by atoms with van der Waals surface area (Å²) in [5.41, 5.74) is 0. The van der Waals surface area contributed by atoms with Gasteiger partial charge in [0.1, 0.15) is 0 Å². The molecule has 4 rings (SSSR count). The minimum atomic E-state index is 0.299. The second-order valence-electron chi connectivity index (χ2n) is 9.12. The molecule has 0 aromatic rings. The van der Waals surface area contributed by atoms with Crippen LogP contribution in [-0.2, 0) is 4.79 Å². The van der Waals surface area contributed by atoms with Crippen molar-refractivity contribution in [2.75, 3.05) is 26.7 Å². The van der Waals surface area contributed by atoms with Crippen molar-refractivity contribution >= 4 is 11.9 Å². The van der Waals surface area contributed by atoms with Crippen molar-refractivity contribution in [3.63, 3.8) is 0 Å². The highest BCUT2D eigenvalue weighted by Gasteiger charge is 2.39. The minimum Gasteiger partial charge on any atom is -0.356 e. The molecule has 2 N–H and O–H groups in total. The summed E-state index contributed by atoms with van der Waals surface area (Å²) in [6, 6.07) is 0.342. The van der Waals surface area contributed by atoms with E-state index in [0.29, 0.717) is 17.9 Å². The summed E-state index contributed by atoms with van der Waals surface area (Å²) in [4.78, 5) is 19.1. The van der Waals surface area contributed by atoms with Crippen LogP contribution in [0.5, 0.6) is 0 Å². The van der Waals surface area contributed by atoms with E-state index in [4.69, 9.17) is 0 Å². The molecule has 0 spiro atoms. The van der Waals surface area contributed by atoms with Gasteiger partial charge in [0.25, 0.3) is 0 Å². The fourth-order valence-corrected chi connectivity index (χ4v) is 6.00. The Morgan fingerprint density at radius 2 is 1.96 bits per heavy atom. The molecule has 3 aliphatic carbocycles. The maximum Gasteiger partial charge on any atom is 0.225 e. The van der Waals surface area contributed by atoms with E-state index in [1.165, 1.54) is 44.9 Å². The van der Waals surface area contributed by atoms with Gasteiger partial charge in [-0.05, 0) is 62.7 Å². The smallest absolute Gasteiger partial charge is 0.225 e. The predicted octanol–water partition coefficient (Wildman–Crippen LogP) is 2.77. The van der Waals surface area contributed by atoms with Crippen molar-refractivity contribution in [3.05, 3.63) is 0 Å². The van der Waals surface area contributed by atoms with E-state index in [9.17, 15) is 4.79 Å². The standard InChI is InChI=1S/C21H36N4O/c1-22-21(23-10-8-18-13-15-6-7-17(18)12-15)24-19-9-11-25(14-19)20(26)16-4-2-3-5-16/h15-19H,2-14H2,1H3,(H2,22,23,24). The highest BCUT2D eigenvalue weighted by Crippen LogP contribution is 2.49. The first kappa shape index (κ1) is 18.1. The Bertz CT molecular complexity index is 528. The van der Waals surface area contributed by atoms with Crippen LogP contribution in [0.25, 0.3) is 0 Å². The number of nitrogens with one attached hydrogen (secondary N) is 2. The molecule has 26 heavy (non-hydrogen) atoms. The first-order valence-electron chi connectivity index (χ1n) is 11.0. The lowest BCUT2D eigenvalue weighted by molar-refractivity contribution is -0.134. The Labute approximate surface area is 158 Å². The van der Waals surface area contributed by atoms with E-state index < -0.39 is 0 Å². The van der Waals surface area contributed by atoms with Crippen LogP contribution in [0.1, 0.15) is 64.2 Å². The van der Waals surface area contributed by atoms with Gasteiger partial charge >= 0.3 is 0 Å². The molecule has 4 aliphatic rings. The topological polar surface area (TPSA) is 56.7 Å². The fourth-order valence-electron chi connectivity index (χ4n) is 6.00. The second kappa shape index (κ2) is 8.18. The Hall–Kier alpha value is -1.26. The van der Waals surface area contributed by atoms with Crippen molar-refractivity contribution in [2.45, 2.75) is 70.3 Å². The van der Waals surface area contributed by atoms with E-state index in [1.807, 2.05) is 7.05 Å². The van der Waals surface area contributed by atoms with Crippen LogP contribution in [0.4, 0.5) is 0 Å². The molecular weight excluding hydrogens is 324 g/mol. The fraction of sp³-hybridized carbons (Fsp3) is 0.905. The lowest BCUT2D eigenvalue weighted by atomic mass is 9.86. The van der Waals surface area contributed by atoms with Crippen LogP contribution in [0, 0.1) is 23.7 Å². The lowest BCUT2D eigenvalue weighted by Crippen LogP contribution is -2.45. The zero-order chi connectivity index (χ0) is 17.9. The summed E-state index contributed by atoms with van der Waals surface area (Å²) in [5.74, 6) is 4.57. The van der Waals surface area contributed by atoms with Gasteiger partial charge in [0.05, 0.1) is 0 Å². The van der Waals surface area contributed by atoms with Crippen molar-refractivity contribution in [2.24, 2.45) is 28.7 Å². The molecule has 0 aromatic carbocycles. The van der Waals surface area contributed by atoms with Gasteiger partial charge in [-0.25, -0.2) is 0 Å². The number of rotatable bonds is 5. The van der Waals surface area contributed by atoms with Crippen molar-refractivity contribution in [3.8, 4) is 0 Å². The third kappa shape index (κ3) is 4.01. The molecule has 1 saturated heterocycles. The minimum absolute atomic E-state index is 0.299. The van der Waals surface area contributed by atoms with E-state index in [-0.39, 0.29) is 0 Å². The summed E-state index contributed by atoms with van der Waals surface area (Å²) in [7, 11) is 1.85. The summed E-state index contributed by atoms with van der Waals surface area (Å²) >= 11 is 0. The number of carbonyl (C=O) groups is 1. The summed E-state index contributed by atoms with van der Waals surface area (Å²) in [5, 5.41) is 7.06. The first-order chi connectivity index (χ1) is 12.7. The number of nitrogens with zero attached hydrogens (tertiary/aromatic N) is 2. The number of hydrogen-bond donors (Lipinski definition) is 2. The van der Waals surface area contributed by atoms with Crippen molar-refractivity contribution in [1.82, 2.24) is 15.5 Å². The summed E-state index contributed by atoms with van der Waals surface area (Å²) < 4.78 is 0. The molecule has 1 amide bonds. The van der Waals surface area contributed by atoms with Crippen LogP contribution >= 0.6 is 0 Å². The molecule has 4 unspecified atom stereocenters. The van der Waals surface area contributed by atoms with Crippen LogP contribution in [0.3, 0.4) is 0 Å². The normalized spacial score (nSPS) is 34.7. The highest BCUT2D eigenvalue weighted by molar-refractivity contribution is 5.81. The number of likely N-dealkylation sites (tertiary alicyclic amines) is 1. The Kier molecular flexibility index (Phi) is 5.70. The maximum absolute atomic E-state index is 12.6. The van der Waals surface area contributed by atoms with Crippen LogP contribution < -0.4 is 10.6 Å². The molecule has 0 aromatic heterocycles. The molecule has 1 aliphatic heterocycles. The maximum atomic E-state index is 12.6. The molecule has 5 heteroatoms. The highest BCUT2D eigenvalue weighted by atomic mass is 16.2. The molecule has 2 bridgehead atoms. The molecule has 4 fully saturated rings. The van der Waals surface area contributed by atoms with Crippen LogP contribution in [0.15, 0.2) is 4.99 Å². The molecule has 5 nitrogen and oxygen atoms in total. The second-order valence-corrected chi connectivity index (χ2v) is 9.12. The van der Waals surface area contributed by atoms with Crippen molar-refractivity contribution < 1.29 is 4.79 Å². The number of fused-ring (bicyclic) bond motifs is 2. The monoisotopic (exact) mass is 360 g/mol. The van der Waals surface area contributed by atoms with Gasteiger partial charge in [0, 0.05) is 38.6 Å². The average Bonchev–Trinajstić information content (AvgIpc) is 3.45. The van der Waals surface area contributed by atoms with Crippen molar-refractivity contribution in [1.29, 1.82) is 0 Å². The van der Waals surface area contributed by atoms with Gasteiger partial charge in [0.2, 0.25) is 5.91 Å². The summed E-state index contributed by atoms with van der Waals surface area (Å²) in [6.07, 6.45) is 12.9. The van der Waals surface area contributed by atoms with Crippen LogP contribution in [-0.4, -0.2) is 49.5 Å². The third-order valence-electron chi connectivity index (χ3n) is 7.46. The molecule has 4 atom stereocenters. The molecule has 146 valence electrons. The van der Waals surface area contributed by atoms with Gasteiger partial charge in [-0.3, -0.25) is 9.79 Å². The van der Waals surface area contributed by atoms with Crippen LogP contribution in [0.2, 0.25) is 0 Å². The predicted molar refractivity (Wildman–Crippen MR) is 105 cm³/mol. The Morgan fingerprint density at radius 3 is 2.65 bits per heavy atom. The Morgan fingerprint density at radius 1 is 1.12 bits per heavy atom. The number of aliphatic imine (C=N–C) groups is 1. The van der Waals surface area contributed by atoms with Gasteiger partial charge in [-0.1, -0.05) is 19.3 Å². The molecule has 0 radical (unpaired) electrons. The van der Waals surface area contributed by atoms with Gasteiger partial charge < -0.3 is 15.5 Å². The molecule has 1 heterocycles. The quantitative estimate of drug-likeness (QED) is 0.585. The number of guanidine groups is 1. The number of amides is 1.